The van der Waals surface area contributed by atoms with E-state index in [1.54, 1.807) is 0 Å². The second-order valence-corrected chi connectivity index (χ2v) is 7.33. The Hall–Kier alpha value is -0.770. The number of nitrogens with one attached hydrogen (secondary N) is 2. The maximum absolute atomic E-state index is 11.9. The SMILES string of the molecule is CC(C)(C)OC(=O)NC1CNCC1C1CCCCCC1. The van der Waals surface area contributed by atoms with E-state index in [4.69, 9.17) is 4.74 Å². The molecule has 4 nitrogen and oxygen atoms in total. The van der Waals surface area contributed by atoms with Crippen molar-refractivity contribution in [2.45, 2.75) is 70.9 Å². The molecule has 1 amide bonds. The fourth-order valence-corrected chi connectivity index (χ4v) is 3.55. The topological polar surface area (TPSA) is 50.4 Å². The van der Waals surface area contributed by atoms with Gasteiger partial charge in [0.1, 0.15) is 5.60 Å². The fourth-order valence-electron chi connectivity index (χ4n) is 3.55. The second-order valence-electron chi connectivity index (χ2n) is 7.33. The van der Waals surface area contributed by atoms with Crippen molar-refractivity contribution >= 4 is 6.09 Å². The number of rotatable bonds is 2. The molecule has 20 heavy (non-hydrogen) atoms. The predicted octanol–water partition coefficient (Wildman–Crippen LogP) is 3.07. The maximum Gasteiger partial charge on any atom is 0.407 e. The van der Waals surface area contributed by atoms with Gasteiger partial charge < -0.3 is 15.4 Å². The molecular formula is C16H30N2O2. The van der Waals surface area contributed by atoms with Gasteiger partial charge in [0, 0.05) is 19.1 Å². The Kier molecular flexibility index (Phi) is 5.30. The van der Waals surface area contributed by atoms with Crippen LogP contribution in [-0.4, -0.2) is 30.8 Å². The number of carbonyl (C=O) groups excluding carboxylic acids is 1. The zero-order valence-corrected chi connectivity index (χ0v) is 13.2. The average Bonchev–Trinajstić information content (AvgIpc) is 2.61. The third-order valence-electron chi connectivity index (χ3n) is 4.47. The minimum absolute atomic E-state index is 0.230. The Bertz CT molecular complexity index is 317. The monoisotopic (exact) mass is 282 g/mol. The number of hydrogen-bond acceptors (Lipinski definition) is 3. The summed E-state index contributed by atoms with van der Waals surface area (Å²) in [4.78, 5) is 11.9. The average molecular weight is 282 g/mol. The van der Waals surface area contributed by atoms with Gasteiger partial charge in [-0.1, -0.05) is 38.5 Å². The molecule has 1 heterocycles. The first kappa shape index (κ1) is 15.6. The van der Waals surface area contributed by atoms with Gasteiger partial charge >= 0.3 is 6.09 Å². The minimum atomic E-state index is -0.423. The van der Waals surface area contributed by atoms with Crippen LogP contribution in [0.2, 0.25) is 0 Å². The first-order chi connectivity index (χ1) is 9.46. The van der Waals surface area contributed by atoms with E-state index in [9.17, 15) is 4.79 Å². The zero-order chi connectivity index (χ0) is 14.6. The maximum atomic E-state index is 11.9. The third-order valence-corrected chi connectivity index (χ3v) is 4.47. The summed E-state index contributed by atoms with van der Waals surface area (Å²) in [7, 11) is 0. The van der Waals surface area contributed by atoms with E-state index >= 15 is 0 Å². The van der Waals surface area contributed by atoms with Gasteiger partial charge in [-0.2, -0.15) is 0 Å². The molecule has 2 rings (SSSR count). The van der Waals surface area contributed by atoms with Gasteiger partial charge in [-0.3, -0.25) is 0 Å². The number of amides is 1. The summed E-state index contributed by atoms with van der Waals surface area (Å²) in [5.74, 6) is 1.33. The number of carbonyl (C=O) groups is 1. The van der Waals surface area contributed by atoms with Gasteiger partial charge in [-0.15, -0.1) is 0 Å². The summed E-state index contributed by atoms with van der Waals surface area (Å²) in [6, 6.07) is 0.230. The molecule has 116 valence electrons. The first-order valence-electron chi connectivity index (χ1n) is 8.16. The molecule has 0 bridgehead atoms. The molecule has 1 saturated heterocycles. The van der Waals surface area contributed by atoms with Crippen LogP contribution in [-0.2, 0) is 4.74 Å². The molecule has 2 aliphatic rings. The van der Waals surface area contributed by atoms with Crippen molar-refractivity contribution in [2.24, 2.45) is 11.8 Å². The first-order valence-corrected chi connectivity index (χ1v) is 8.16. The summed E-state index contributed by atoms with van der Waals surface area (Å²) < 4.78 is 5.38. The lowest BCUT2D eigenvalue weighted by Crippen LogP contribution is -2.44. The largest absolute Gasteiger partial charge is 0.444 e. The van der Waals surface area contributed by atoms with Gasteiger partial charge in [0.05, 0.1) is 0 Å². The van der Waals surface area contributed by atoms with Crippen molar-refractivity contribution < 1.29 is 9.53 Å². The molecule has 1 saturated carbocycles. The fraction of sp³-hybridized carbons (Fsp3) is 0.938. The van der Waals surface area contributed by atoms with Crippen molar-refractivity contribution in [3.63, 3.8) is 0 Å². The van der Waals surface area contributed by atoms with E-state index in [0.29, 0.717) is 5.92 Å². The van der Waals surface area contributed by atoms with E-state index in [1.807, 2.05) is 20.8 Å². The Balaban J connectivity index is 1.88. The highest BCUT2D eigenvalue weighted by molar-refractivity contribution is 5.68. The lowest BCUT2D eigenvalue weighted by atomic mass is 9.83. The predicted molar refractivity (Wildman–Crippen MR) is 80.7 cm³/mol. The lowest BCUT2D eigenvalue weighted by Gasteiger charge is -2.28. The van der Waals surface area contributed by atoms with Crippen molar-refractivity contribution in [3.05, 3.63) is 0 Å². The highest BCUT2D eigenvalue weighted by Crippen LogP contribution is 2.32. The molecule has 0 aromatic rings. The van der Waals surface area contributed by atoms with E-state index in [-0.39, 0.29) is 12.1 Å². The van der Waals surface area contributed by atoms with Gasteiger partial charge in [-0.05, 0) is 32.6 Å². The van der Waals surface area contributed by atoms with Gasteiger partial charge in [0.25, 0.3) is 0 Å². The summed E-state index contributed by atoms with van der Waals surface area (Å²) in [5, 5.41) is 6.52. The van der Waals surface area contributed by atoms with Crippen LogP contribution in [0.5, 0.6) is 0 Å². The van der Waals surface area contributed by atoms with Crippen molar-refractivity contribution in [1.82, 2.24) is 10.6 Å². The van der Waals surface area contributed by atoms with Crippen LogP contribution in [0.1, 0.15) is 59.3 Å². The standard InChI is InChI=1S/C16H30N2O2/c1-16(2,3)20-15(19)18-14-11-17-10-13(14)12-8-6-4-5-7-9-12/h12-14,17H,4-11H2,1-3H3,(H,18,19). The minimum Gasteiger partial charge on any atom is -0.444 e. The van der Waals surface area contributed by atoms with E-state index in [2.05, 4.69) is 10.6 Å². The van der Waals surface area contributed by atoms with Crippen LogP contribution >= 0.6 is 0 Å². The summed E-state index contributed by atoms with van der Waals surface area (Å²) in [6.45, 7) is 7.62. The van der Waals surface area contributed by atoms with Gasteiger partial charge in [-0.25, -0.2) is 4.79 Å². The van der Waals surface area contributed by atoms with Crippen LogP contribution in [0.15, 0.2) is 0 Å². The van der Waals surface area contributed by atoms with E-state index in [0.717, 1.165) is 19.0 Å². The van der Waals surface area contributed by atoms with Crippen molar-refractivity contribution in [3.8, 4) is 0 Å². The molecule has 2 atom stereocenters. The molecule has 4 heteroatoms. The molecule has 1 aliphatic carbocycles. The molecule has 0 radical (unpaired) electrons. The normalized spacial score (nSPS) is 28.9. The van der Waals surface area contributed by atoms with Crippen LogP contribution in [0.4, 0.5) is 4.79 Å². The van der Waals surface area contributed by atoms with Crippen LogP contribution in [0.25, 0.3) is 0 Å². The lowest BCUT2D eigenvalue weighted by molar-refractivity contribution is 0.0487. The Labute approximate surface area is 123 Å². The highest BCUT2D eigenvalue weighted by atomic mass is 16.6. The quantitative estimate of drug-likeness (QED) is 0.765. The smallest absolute Gasteiger partial charge is 0.407 e. The zero-order valence-electron chi connectivity index (χ0n) is 13.2. The van der Waals surface area contributed by atoms with Gasteiger partial charge in [0.2, 0.25) is 0 Å². The number of alkyl carbamates (subject to hydrolysis) is 1. The third kappa shape index (κ3) is 4.65. The summed E-state index contributed by atoms with van der Waals surface area (Å²) in [5.41, 5.74) is -0.423. The van der Waals surface area contributed by atoms with Gasteiger partial charge in [0.15, 0.2) is 0 Å². The second kappa shape index (κ2) is 6.79. The number of hydrogen-bond donors (Lipinski definition) is 2. The molecule has 0 aromatic carbocycles. The van der Waals surface area contributed by atoms with Crippen LogP contribution < -0.4 is 10.6 Å². The van der Waals surface area contributed by atoms with E-state index < -0.39 is 5.60 Å². The number of ether oxygens (including phenoxy) is 1. The van der Waals surface area contributed by atoms with Crippen LogP contribution in [0, 0.1) is 11.8 Å². The van der Waals surface area contributed by atoms with Crippen molar-refractivity contribution in [2.75, 3.05) is 13.1 Å². The summed E-state index contributed by atoms with van der Waals surface area (Å²) >= 11 is 0. The Morgan fingerprint density at radius 1 is 1.10 bits per heavy atom. The molecule has 1 aliphatic heterocycles. The Morgan fingerprint density at radius 2 is 1.75 bits per heavy atom. The highest BCUT2D eigenvalue weighted by Gasteiger charge is 2.35. The van der Waals surface area contributed by atoms with E-state index in [1.165, 1.54) is 38.5 Å². The summed E-state index contributed by atoms with van der Waals surface area (Å²) in [6.07, 6.45) is 7.81. The molecular weight excluding hydrogens is 252 g/mol. The molecule has 2 fully saturated rings. The molecule has 2 unspecified atom stereocenters. The van der Waals surface area contributed by atoms with Crippen LogP contribution in [0.3, 0.4) is 0 Å². The molecule has 0 spiro atoms. The van der Waals surface area contributed by atoms with Crippen molar-refractivity contribution in [1.29, 1.82) is 0 Å². The Morgan fingerprint density at radius 3 is 2.35 bits per heavy atom. The molecule has 2 N–H and O–H groups in total. The molecule has 0 aromatic heterocycles.